The van der Waals surface area contributed by atoms with Crippen LogP contribution < -0.4 is 4.74 Å². The number of piperazine rings is 1. The van der Waals surface area contributed by atoms with Gasteiger partial charge in [0, 0.05) is 26.2 Å². The van der Waals surface area contributed by atoms with E-state index in [1.165, 1.54) is 10.4 Å². The van der Waals surface area contributed by atoms with Gasteiger partial charge in [-0.3, -0.25) is 4.79 Å². The molecule has 0 N–H and O–H groups in total. The van der Waals surface area contributed by atoms with Crippen molar-refractivity contribution < 1.29 is 17.9 Å². The topological polar surface area (TPSA) is 66.9 Å². The molecule has 0 spiro atoms. The Balaban J connectivity index is 1.63. The van der Waals surface area contributed by atoms with Crippen molar-refractivity contribution in [3.8, 4) is 5.75 Å². The molecule has 2 aromatic rings. The van der Waals surface area contributed by atoms with Crippen LogP contribution in [0.5, 0.6) is 5.75 Å². The van der Waals surface area contributed by atoms with Crippen LogP contribution in [0.25, 0.3) is 0 Å². The molecule has 1 heterocycles. The number of amides is 1. The fourth-order valence-corrected chi connectivity index (χ4v) is 5.19. The van der Waals surface area contributed by atoms with Crippen LogP contribution in [0.4, 0.5) is 0 Å². The van der Waals surface area contributed by atoms with Gasteiger partial charge in [0.15, 0.2) is 0 Å². The lowest BCUT2D eigenvalue weighted by molar-refractivity contribution is -0.131. The molecule has 0 saturated carbocycles. The molecule has 1 aliphatic heterocycles. The largest absolute Gasteiger partial charge is 0.497 e. The molecule has 3 rings (SSSR count). The third-order valence-corrected chi connectivity index (χ3v) is 7.51. The molecule has 150 valence electrons. The summed E-state index contributed by atoms with van der Waals surface area (Å²) >= 11 is 12.0. The van der Waals surface area contributed by atoms with E-state index in [1.807, 2.05) is 24.3 Å². The fraction of sp³-hybridized carbons (Fsp3) is 0.316. The average Bonchev–Trinajstić information content (AvgIpc) is 2.70. The molecule has 2 aromatic carbocycles. The highest BCUT2D eigenvalue weighted by atomic mass is 35.5. The molecule has 9 heteroatoms. The summed E-state index contributed by atoms with van der Waals surface area (Å²) < 4.78 is 32.2. The normalized spacial score (nSPS) is 15.5. The van der Waals surface area contributed by atoms with E-state index >= 15 is 0 Å². The van der Waals surface area contributed by atoms with Crippen molar-refractivity contribution in [2.45, 2.75) is 11.3 Å². The van der Waals surface area contributed by atoms with Crippen molar-refractivity contribution in [3.05, 3.63) is 58.1 Å². The zero-order chi connectivity index (χ0) is 20.3. The molecule has 0 aliphatic carbocycles. The summed E-state index contributed by atoms with van der Waals surface area (Å²) in [4.78, 5) is 14.2. The third kappa shape index (κ3) is 4.43. The SMILES string of the molecule is COc1ccc(CC(=O)N2CCN(S(=O)(=O)c3cccc(Cl)c3Cl)CC2)cc1. The number of hydrogen-bond acceptors (Lipinski definition) is 4. The van der Waals surface area contributed by atoms with E-state index in [4.69, 9.17) is 27.9 Å². The number of benzene rings is 2. The second kappa shape index (κ2) is 8.69. The summed E-state index contributed by atoms with van der Waals surface area (Å²) in [6.45, 7) is 1.07. The lowest BCUT2D eigenvalue weighted by atomic mass is 10.1. The molecule has 28 heavy (non-hydrogen) atoms. The Morgan fingerprint density at radius 2 is 1.68 bits per heavy atom. The maximum Gasteiger partial charge on any atom is 0.244 e. The minimum atomic E-state index is -3.77. The van der Waals surface area contributed by atoms with E-state index in [1.54, 1.807) is 24.1 Å². The molecule has 1 fully saturated rings. The lowest BCUT2D eigenvalue weighted by Crippen LogP contribution is -2.50. The number of sulfonamides is 1. The quantitative estimate of drug-likeness (QED) is 0.713. The maximum atomic E-state index is 12.9. The summed E-state index contributed by atoms with van der Waals surface area (Å²) in [5.74, 6) is 0.692. The summed E-state index contributed by atoms with van der Waals surface area (Å²) in [5.41, 5.74) is 0.881. The van der Waals surface area contributed by atoms with E-state index in [9.17, 15) is 13.2 Å². The molecule has 1 amide bonds. The van der Waals surface area contributed by atoms with E-state index in [0.29, 0.717) is 13.1 Å². The number of halogens is 2. The summed E-state index contributed by atoms with van der Waals surface area (Å²) in [6, 6.07) is 11.8. The van der Waals surface area contributed by atoms with Crippen molar-refractivity contribution in [1.82, 2.24) is 9.21 Å². The number of nitrogens with zero attached hydrogens (tertiary/aromatic N) is 2. The molecule has 0 atom stereocenters. The Bertz CT molecular complexity index is 956. The summed E-state index contributed by atoms with van der Waals surface area (Å²) in [5, 5.41) is 0.207. The Labute approximate surface area is 174 Å². The van der Waals surface area contributed by atoms with Gasteiger partial charge in [0.25, 0.3) is 0 Å². The minimum Gasteiger partial charge on any atom is -0.497 e. The first kappa shape index (κ1) is 20.9. The Kier molecular flexibility index (Phi) is 6.50. The number of hydrogen-bond donors (Lipinski definition) is 0. The highest BCUT2D eigenvalue weighted by Crippen LogP contribution is 2.31. The molecule has 0 bridgehead atoms. The van der Waals surface area contributed by atoms with Gasteiger partial charge in [0.1, 0.15) is 10.6 Å². The maximum absolute atomic E-state index is 12.9. The molecule has 0 aromatic heterocycles. The first-order valence-electron chi connectivity index (χ1n) is 8.68. The number of carbonyl (C=O) groups excluding carboxylic acids is 1. The third-order valence-electron chi connectivity index (χ3n) is 4.64. The van der Waals surface area contributed by atoms with Crippen LogP contribution in [0.2, 0.25) is 10.0 Å². The van der Waals surface area contributed by atoms with Gasteiger partial charge in [-0.2, -0.15) is 4.31 Å². The van der Waals surface area contributed by atoms with Crippen molar-refractivity contribution in [1.29, 1.82) is 0 Å². The van der Waals surface area contributed by atoms with E-state index in [2.05, 4.69) is 0 Å². The second-order valence-electron chi connectivity index (χ2n) is 6.36. The highest BCUT2D eigenvalue weighted by Gasteiger charge is 2.31. The predicted octanol–water partition coefficient (Wildman–Crippen LogP) is 3.08. The molecule has 6 nitrogen and oxygen atoms in total. The van der Waals surface area contributed by atoms with Crippen LogP contribution >= 0.6 is 23.2 Å². The zero-order valence-corrected chi connectivity index (χ0v) is 17.6. The Morgan fingerprint density at radius 3 is 2.29 bits per heavy atom. The van der Waals surface area contributed by atoms with Gasteiger partial charge in [-0.1, -0.05) is 41.4 Å². The van der Waals surface area contributed by atoms with Crippen LogP contribution in [0.15, 0.2) is 47.4 Å². The number of ether oxygens (including phenoxy) is 1. The molecular formula is C19H20Cl2N2O4S. The first-order valence-corrected chi connectivity index (χ1v) is 10.9. The Hall–Kier alpha value is -1.80. The van der Waals surface area contributed by atoms with Gasteiger partial charge in [-0.15, -0.1) is 0 Å². The lowest BCUT2D eigenvalue weighted by Gasteiger charge is -2.34. The molecule has 1 saturated heterocycles. The predicted molar refractivity (Wildman–Crippen MR) is 108 cm³/mol. The van der Waals surface area contributed by atoms with E-state index in [-0.39, 0.29) is 40.4 Å². The smallest absolute Gasteiger partial charge is 0.244 e. The number of rotatable bonds is 5. The average molecular weight is 443 g/mol. The van der Waals surface area contributed by atoms with E-state index in [0.717, 1.165) is 11.3 Å². The number of carbonyl (C=O) groups is 1. The van der Waals surface area contributed by atoms with Crippen LogP contribution in [-0.4, -0.2) is 56.8 Å². The van der Waals surface area contributed by atoms with Crippen LogP contribution in [0, 0.1) is 0 Å². The fourth-order valence-electron chi connectivity index (χ4n) is 3.03. The van der Waals surface area contributed by atoms with Gasteiger partial charge in [0.2, 0.25) is 15.9 Å². The van der Waals surface area contributed by atoms with Crippen molar-refractivity contribution in [3.63, 3.8) is 0 Å². The van der Waals surface area contributed by atoms with Gasteiger partial charge in [-0.05, 0) is 29.8 Å². The molecule has 1 aliphatic rings. The zero-order valence-electron chi connectivity index (χ0n) is 15.3. The van der Waals surface area contributed by atoms with Gasteiger partial charge >= 0.3 is 0 Å². The van der Waals surface area contributed by atoms with Crippen molar-refractivity contribution in [2.75, 3.05) is 33.3 Å². The van der Waals surface area contributed by atoms with Gasteiger partial charge < -0.3 is 9.64 Å². The van der Waals surface area contributed by atoms with Crippen LogP contribution in [0.1, 0.15) is 5.56 Å². The standard InChI is InChI=1S/C19H20Cl2N2O4S/c1-27-15-7-5-14(6-8-15)13-18(24)22-9-11-23(12-10-22)28(25,26)17-4-2-3-16(20)19(17)21/h2-8H,9-13H2,1H3. The van der Waals surface area contributed by atoms with Crippen molar-refractivity contribution in [2.24, 2.45) is 0 Å². The van der Waals surface area contributed by atoms with Crippen LogP contribution in [-0.2, 0) is 21.2 Å². The first-order chi connectivity index (χ1) is 13.3. The van der Waals surface area contributed by atoms with Gasteiger partial charge in [-0.25, -0.2) is 8.42 Å². The summed E-state index contributed by atoms with van der Waals surface area (Å²) in [6.07, 6.45) is 0.261. The molecule has 0 unspecified atom stereocenters. The second-order valence-corrected chi connectivity index (χ2v) is 9.05. The van der Waals surface area contributed by atoms with Crippen molar-refractivity contribution >= 4 is 39.1 Å². The molecule has 0 radical (unpaired) electrons. The summed E-state index contributed by atoms with van der Waals surface area (Å²) in [7, 11) is -2.18. The molecular weight excluding hydrogens is 423 g/mol. The van der Waals surface area contributed by atoms with E-state index < -0.39 is 10.0 Å². The monoisotopic (exact) mass is 442 g/mol. The number of methoxy groups -OCH3 is 1. The van der Waals surface area contributed by atoms with Crippen LogP contribution in [0.3, 0.4) is 0 Å². The Morgan fingerprint density at radius 1 is 1.04 bits per heavy atom. The highest BCUT2D eigenvalue weighted by molar-refractivity contribution is 7.89. The van der Waals surface area contributed by atoms with Gasteiger partial charge in [0.05, 0.1) is 23.6 Å². The minimum absolute atomic E-state index is 0.0142.